The maximum absolute atomic E-state index is 11.8. The summed E-state index contributed by atoms with van der Waals surface area (Å²) in [5.41, 5.74) is 0.533. The van der Waals surface area contributed by atoms with Gasteiger partial charge in [0.25, 0.3) is 5.91 Å². The topological polar surface area (TPSA) is 82.2 Å². The zero-order chi connectivity index (χ0) is 13.8. The van der Waals surface area contributed by atoms with Crippen LogP contribution < -0.4 is 5.32 Å². The van der Waals surface area contributed by atoms with Crippen molar-refractivity contribution in [3.05, 3.63) is 22.4 Å². The molecule has 1 aromatic rings. The van der Waals surface area contributed by atoms with Crippen LogP contribution in [0.25, 0.3) is 0 Å². The largest absolute Gasteiger partial charge is 0.481 e. The Balaban J connectivity index is 1.75. The lowest BCUT2D eigenvalue weighted by atomic mass is 9.82. The number of H-pyrrole nitrogens is 1. The monoisotopic (exact) mass is 328 g/mol. The molecule has 1 amide bonds. The maximum atomic E-state index is 11.8. The number of hydrogen-bond acceptors (Lipinski definition) is 2. The standard InChI is InChI=1S/C13H17BrN2O3/c14-10-5-11(15-7-10)12(17)16-6-8-1-3-9(4-2-8)13(18)19/h5,7-9,15H,1-4,6H2,(H,16,17)(H,18,19). The van der Waals surface area contributed by atoms with E-state index in [4.69, 9.17) is 5.11 Å². The molecule has 0 saturated heterocycles. The van der Waals surface area contributed by atoms with Crippen LogP contribution in [0, 0.1) is 11.8 Å². The minimum Gasteiger partial charge on any atom is -0.481 e. The number of carbonyl (C=O) groups excluding carboxylic acids is 1. The van der Waals surface area contributed by atoms with E-state index in [9.17, 15) is 9.59 Å². The number of carboxylic acid groups (broad SMARTS) is 1. The van der Waals surface area contributed by atoms with E-state index in [2.05, 4.69) is 26.2 Å². The molecule has 0 unspecified atom stereocenters. The molecule has 0 aromatic carbocycles. The van der Waals surface area contributed by atoms with Crippen LogP contribution >= 0.6 is 15.9 Å². The van der Waals surface area contributed by atoms with Gasteiger partial charge in [-0.25, -0.2) is 0 Å². The molecule has 1 heterocycles. The number of aliphatic carboxylic acids is 1. The van der Waals surface area contributed by atoms with Gasteiger partial charge in [0.2, 0.25) is 0 Å². The van der Waals surface area contributed by atoms with Crippen molar-refractivity contribution >= 4 is 27.8 Å². The molecular weight excluding hydrogens is 312 g/mol. The second-order valence-corrected chi connectivity index (χ2v) is 5.91. The number of carbonyl (C=O) groups is 2. The van der Waals surface area contributed by atoms with Crippen LogP contribution in [0.4, 0.5) is 0 Å². The number of carboxylic acids is 1. The fraction of sp³-hybridized carbons (Fsp3) is 0.538. The first-order valence-electron chi connectivity index (χ1n) is 6.41. The summed E-state index contributed by atoms with van der Waals surface area (Å²) >= 11 is 3.28. The van der Waals surface area contributed by atoms with Crippen LogP contribution in [0.3, 0.4) is 0 Å². The molecule has 6 heteroatoms. The first kappa shape index (κ1) is 14.1. The Morgan fingerprint density at radius 3 is 2.58 bits per heavy atom. The minimum atomic E-state index is -0.696. The molecule has 5 nitrogen and oxygen atoms in total. The van der Waals surface area contributed by atoms with Crippen molar-refractivity contribution in [2.45, 2.75) is 25.7 Å². The summed E-state index contributed by atoms with van der Waals surface area (Å²) in [6.45, 7) is 0.613. The Hall–Kier alpha value is -1.30. The first-order valence-corrected chi connectivity index (χ1v) is 7.20. The molecule has 19 heavy (non-hydrogen) atoms. The van der Waals surface area contributed by atoms with Gasteiger partial charge in [-0.05, 0) is 53.6 Å². The molecule has 0 bridgehead atoms. The Morgan fingerprint density at radius 1 is 1.37 bits per heavy atom. The van der Waals surface area contributed by atoms with Gasteiger partial charge >= 0.3 is 5.97 Å². The zero-order valence-corrected chi connectivity index (χ0v) is 12.1. The molecule has 0 aliphatic heterocycles. The highest BCUT2D eigenvalue weighted by molar-refractivity contribution is 9.10. The molecular formula is C13H17BrN2O3. The number of aromatic nitrogens is 1. The molecule has 1 saturated carbocycles. The summed E-state index contributed by atoms with van der Waals surface area (Å²) in [6, 6.07) is 1.73. The number of aromatic amines is 1. The molecule has 104 valence electrons. The molecule has 2 rings (SSSR count). The van der Waals surface area contributed by atoms with Crippen LogP contribution in [-0.4, -0.2) is 28.5 Å². The van der Waals surface area contributed by atoms with Crippen molar-refractivity contribution < 1.29 is 14.7 Å². The molecule has 1 aromatic heterocycles. The van der Waals surface area contributed by atoms with E-state index in [1.807, 2.05) is 0 Å². The molecule has 0 spiro atoms. The van der Waals surface area contributed by atoms with Crippen LogP contribution in [0.1, 0.15) is 36.2 Å². The van der Waals surface area contributed by atoms with Gasteiger partial charge in [-0.15, -0.1) is 0 Å². The quantitative estimate of drug-likeness (QED) is 0.793. The van der Waals surface area contributed by atoms with Gasteiger partial charge in [-0.1, -0.05) is 0 Å². The zero-order valence-electron chi connectivity index (χ0n) is 10.5. The lowest BCUT2D eigenvalue weighted by Gasteiger charge is -2.26. The first-order chi connectivity index (χ1) is 9.06. The molecule has 1 fully saturated rings. The fourth-order valence-electron chi connectivity index (χ4n) is 2.44. The number of halogens is 1. The van der Waals surface area contributed by atoms with E-state index >= 15 is 0 Å². The predicted molar refractivity (Wildman–Crippen MR) is 73.9 cm³/mol. The van der Waals surface area contributed by atoms with Crippen molar-refractivity contribution in [3.63, 3.8) is 0 Å². The minimum absolute atomic E-state index is 0.119. The Bertz CT molecular complexity index is 464. The third kappa shape index (κ3) is 3.83. The van der Waals surface area contributed by atoms with E-state index < -0.39 is 5.97 Å². The average molecular weight is 329 g/mol. The summed E-state index contributed by atoms with van der Waals surface area (Å²) in [6.07, 6.45) is 4.87. The summed E-state index contributed by atoms with van der Waals surface area (Å²) < 4.78 is 0.847. The SMILES string of the molecule is O=C(NCC1CCC(C(=O)O)CC1)c1cc(Br)c[nH]1. The maximum Gasteiger partial charge on any atom is 0.306 e. The van der Waals surface area contributed by atoms with Gasteiger partial charge < -0.3 is 15.4 Å². The van der Waals surface area contributed by atoms with Crippen LogP contribution in [-0.2, 0) is 4.79 Å². The molecule has 1 aliphatic rings. The van der Waals surface area contributed by atoms with Gasteiger partial charge in [-0.2, -0.15) is 0 Å². The van der Waals surface area contributed by atoms with Crippen molar-refractivity contribution in [2.24, 2.45) is 11.8 Å². The summed E-state index contributed by atoms with van der Waals surface area (Å²) in [5, 5.41) is 11.8. The second-order valence-electron chi connectivity index (χ2n) is 5.00. The van der Waals surface area contributed by atoms with Crippen LogP contribution in [0.5, 0.6) is 0 Å². The fourth-order valence-corrected chi connectivity index (χ4v) is 2.79. The number of nitrogens with one attached hydrogen (secondary N) is 2. The Morgan fingerprint density at radius 2 is 2.05 bits per heavy atom. The number of rotatable bonds is 4. The number of amides is 1. The number of hydrogen-bond donors (Lipinski definition) is 3. The average Bonchev–Trinajstić information content (AvgIpc) is 2.83. The molecule has 3 N–H and O–H groups in total. The smallest absolute Gasteiger partial charge is 0.306 e. The van der Waals surface area contributed by atoms with E-state index in [0.717, 1.165) is 17.3 Å². The predicted octanol–water partition coefficient (Wildman–Crippen LogP) is 2.40. The van der Waals surface area contributed by atoms with Gasteiger partial charge in [0.05, 0.1) is 5.92 Å². The van der Waals surface area contributed by atoms with Gasteiger partial charge in [0, 0.05) is 17.2 Å². The summed E-state index contributed by atoms with van der Waals surface area (Å²) in [4.78, 5) is 25.5. The lowest BCUT2D eigenvalue weighted by molar-refractivity contribution is -0.143. The van der Waals surface area contributed by atoms with Crippen LogP contribution in [0.15, 0.2) is 16.7 Å². The molecule has 1 aliphatic carbocycles. The highest BCUT2D eigenvalue weighted by Crippen LogP contribution is 2.28. The van der Waals surface area contributed by atoms with Crippen molar-refractivity contribution in [1.29, 1.82) is 0 Å². The molecule has 0 atom stereocenters. The lowest BCUT2D eigenvalue weighted by Crippen LogP contribution is -2.32. The van der Waals surface area contributed by atoms with Gasteiger partial charge in [0.15, 0.2) is 0 Å². The van der Waals surface area contributed by atoms with Crippen molar-refractivity contribution in [2.75, 3.05) is 6.54 Å². The second kappa shape index (κ2) is 6.23. The highest BCUT2D eigenvalue weighted by atomic mass is 79.9. The van der Waals surface area contributed by atoms with Crippen molar-refractivity contribution in [1.82, 2.24) is 10.3 Å². The van der Waals surface area contributed by atoms with Crippen molar-refractivity contribution in [3.8, 4) is 0 Å². The van der Waals surface area contributed by atoms with E-state index in [1.165, 1.54) is 0 Å². The normalized spacial score (nSPS) is 23.0. The Labute approximate surface area is 119 Å². The third-order valence-electron chi connectivity index (χ3n) is 3.64. The summed E-state index contributed by atoms with van der Waals surface area (Å²) in [5.74, 6) is -0.631. The third-order valence-corrected chi connectivity index (χ3v) is 4.10. The molecule has 0 radical (unpaired) electrons. The van der Waals surface area contributed by atoms with Crippen LogP contribution in [0.2, 0.25) is 0 Å². The van der Waals surface area contributed by atoms with E-state index in [0.29, 0.717) is 31.0 Å². The van der Waals surface area contributed by atoms with Gasteiger partial charge in [0.1, 0.15) is 5.69 Å². The highest BCUT2D eigenvalue weighted by Gasteiger charge is 2.26. The van der Waals surface area contributed by atoms with Gasteiger partial charge in [-0.3, -0.25) is 9.59 Å². The van der Waals surface area contributed by atoms with E-state index in [1.54, 1.807) is 12.3 Å². The van der Waals surface area contributed by atoms with E-state index in [-0.39, 0.29) is 11.8 Å². The summed E-state index contributed by atoms with van der Waals surface area (Å²) in [7, 11) is 0. The Kier molecular flexibility index (Phi) is 4.63.